The molecule has 0 saturated heterocycles. The molecule has 2 nitrogen and oxygen atoms in total. The van der Waals surface area contributed by atoms with Crippen molar-refractivity contribution in [3.63, 3.8) is 0 Å². The molecule has 0 aromatic heterocycles. The second-order valence-corrected chi connectivity index (χ2v) is 1.73. The van der Waals surface area contributed by atoms with Crippen LogP contribution in [0.25, 0.3) is 0 Å². The van der Waals surface area contributed by atoms with E-state index in [9.17, 15) is 0 Å². The Bertz CT molecular complexity index is 37.1. The molecule has 0 rings (SSSR count). The van der Waals surface area contributed by atoms with E-state index in [0.717, 1.165) is 13.0 Å². The molecule has 0 aromatic rings. The maximum absolute atomic E-state index is 5.52. The van der Waals surface area contributed by atoms with E-state index in [4.69, 9.17) is 5.73 Å². The van der Waals surface area contributed by atoms with Crippen LogP contribution < -0.4 is 11.1 Å². The topological polar surface area (TPSA) is 38.0 Å². The summed E-state index contributed by atoms with van der Waals surface area (Å²) in [5.41, 5.74) is 5.52. The van der Waals surface area contributed by atoms with Gasteiger partial charge in [0.1, 0.15) is 0 Å². The van der Waals surface area contributed by atoms with Crippen LogP contribution in [0.5, 0.6) is 0 Å². The first-order valence-corrected chi connectivity index (χ1v) is 2.71. The third-order valence-corrected chi connectivity index (χ3v) is 0.991. The lowest BCUT2D eigenvalue weighted by Gasteiger charge is -2.04. The number of likely N-dealkylation sites (N-methyl/N-ethyl adjacent to an activating group) is 1. The van der Waals surface area contributed by atoms with Crippen molar-refractivity contribution >= 4 is 0 Å². The predicted molar refractivity (Wildman–Crippen MR) is 32.2 cm³/mol. The molecule has 0 aromatic carbocycles. The standard InChI is InChI=1S/C5H14N2/c1-3-5(6)4-7-2/h5,7H,3-4,6H2,1-2H3/t5-/m1/s1. The van der Waals surface area contributed by atoms with Gasteiger partial charge < -0.3 is 11.1 Å². The summed E-state index contributed by atoms with van der Waals surface area (Å²) in [6.45, 7) is 3.01. The molecular formula is C5H14N2. The van der Waals surface area contributed by atoms with Crippen LogP contribution in [-0.4, -0.2) is 19.6 Å². The van der Waals surface area contributed by atoms with Gasteiger partial charge >= 0.3 is 0 Å². The molecular weight excluding hydrogens is 88.1 g/mol. The largest absolute Gasteiger partial charge is 0.327 e. The molecule has 44 valence electrons. The van der Waals surface area contributed by atoms with E-state index < -0.39 is 0 Å². The quantitative estimate of drug-likeness (QED) is 0.524. The monoisotopic (exact) mass is 102 g/mol. The van der Waals surface area contributed by atoms with Gasteiger partial charge in [0.25, 0.3) is 0 Å². The Kier molecular flexibility index (Phi) is 4.04. The Morgan fingerprint density at radius 3 is 2.43 bits per heavy atom. The zero-order valence-electron chi connectivity index (χ0n) is 5.07. The number of nitrogens with two attached hydrogens (primary N) is 1. The zero-order chi connectivity index (χ0) is 5.70. The van der Waals surface area contributed by atoms with Crippen LogP contribution in [0.15, 0.2) is 0 Å². The first kappa shape index (κ1) is 6.92. The highest BCUT2D eigenvalue weighted by Crippen LogP contribution is 1.79. The highest BCUT2D eigenvalue weighted by atomic mass is 14.9. The van der Waals surface area contributed by atoms with Crippen LogP contribution >= 0.6 is 0 Å². The minimum absolute atomic E-state index is 0.338. The molecule has 0 aliphatic carbocycles. The average molecular weight is 102 g/mol. The smallest absolute Gasteiger partial charge is 0.0162 e. The van der Waals surface area contributed by atoms with Gasteiger partial charge in [0.2, 0.25) is 0 Å². The minimum Gasteiger partial charge on any atom is -0.327 e. The van der Waals surface area contributed by atoms with E-state index in [-0.39, 0.29) is 0 Å². The molecule has 0 aliphatic heterocycles. The Hall–Kier alpha value is -0.0800. The minimum atomic E-state index is 0.338. The van der Waals surface area contributed by atoms with Crippen LogP contribution in [0, 0.1) is 0 Å². The van der Waals surface area contributed by atoms with Gasteiger partial charge in [0.15, 0.2) is 0 Å². The normalized spacial score (nSPS) is 14.1. The Morgan fingerprint density at radius 1 is 1.71 bits per heavy atom. The molecule has 7 heavy (non-hydrogen) atoms. The highest BCUT2D eigenvalue weighted by Gasteiger charge is 1.92. The van der Waals surface area contributed by atoms with Gasteiger partial charge in [-0.15, -0.1) is 0 Å². The highest BCUT2D eigenvalue weighted by molar-refractivity contribution is 4.58. The van der Waals surface area contributed by atoms with Crippen molar-refractivity contribution in [1.82, 2.24) is 5.32 Å². The molecule has 1 atom stereocenters. The van der Waals surface area contributed by atoms with Crippen molar-refractivity contribution in [3.05, 3.63) is 0 Å². The fourth-order valence-electron chi connectivity index (χ4n) is 0.407. The fourth-order valence-corrected chi connectivity index (χ4v) is 0.407. The number of rotatable bonds is 3. The Balaban J connectivity index is 2.83. The molecule has 0 saturated carbocycles. The molecule has 0 aliphatic rings. The summed E-state index contributed by atoms with van der Waals surface area (Å²) in [6, 6.07) is 0.338. The van der Waals surface area contributed by atoms with Crippen LogP contribution in [0.4, 0.5) is 0 Å². The van der Waals surface area contributed by atoms with Gasteiger partial charge in [-0.05, 0) is 13.5 Å². The SMILES string of the molecule is CC[C@@H](N)CNC. The van der Waals surface area contributed by atoms with Gasteiger partial charge in [-0.1, -0.05) is 6.92 Å². The second-order valence-electron chi connectivity index (χ2n) is 1.73. The number of hydrogen-bond acceptors (Lipinski definition) is 2. The van der Waals surface area contributed by atoms with Crippen LogP contribution in [0.3, 0.4) is 0 Å². The maximum atomic E-state index is 5.52. The molecule has 0 heterocycles. The summed E-state index contributed by atoms with van der Waals surface area (Å²) in [7, 11) is 1.91. The van der Waals surface area contributed by atoms with Crippen molar-refractivity contribution in [2.45, 2.75) is 19.4 Å². The first-order chi connectivity index (χ1) is 3.31. The molecule has 0 amide bonds. The molecule has 0 unspecified atom stereocenters. The molecule has 3 N–H and O–H groups in total. The zero-order valence-corrected chi connectivity index (χ0v) is 5.07. The van der Waals surface area contributed by atoms with Crippen molar-refractivity contribution in [3.8, 4) is 0 Å². The fraction of sp³-hybridized carbons (Fsp3) is 1.00. The molecule has 0 spiro atoms. The van der Waals surface area contributed by atoms with Gasteiger partial charge in [-0.2, -0.15) is 0 Å². The van der Waals surface area contributed by atoms with E-state index in [2.05, 4.69) is 12.2 Å². The van der Waals surface area contributed by atoms with E-state index in [1.807, 2.05) is 7.05 Å². The average Bonchev–Trinajstić information content (AvgIpc) is 1.68. The molecule has 0 bridgehead atoms. The van der Waals surface area contributed by atoms with Gasteiger partial charge in [0.05, 0.1) is 0 Å². The van der Waals surface area contributed by atoms with Crippen LogP contribution in [0.2, 0.25) is 0 Å². The second kappa shape index (κ2) is 4.09. The number of hydrogen-bond donors (Lipinski definition) is 2. The molecule has 0 radical (unpaired) electrons. The van der Waals surface area contributed by atoms with Crippen molar-refractivity contribution < 1.29 is 0 Å². The summed E-state index contributed by atoms with van der Waals surface area (Å²) in [5.74, 6) is 0. The summed E-state index contributed by atoms with van der Waals surface area (Å²) < 4.78 is 0. The maximum Gasteiger partial charge on any atom is 0.0162 e. The summed E-state index contributed by atoms with van der Waals surface area (Å²) in [6.07, 6.45) is 1.06. The lowest BCUT2D eigenvalue weighted by Crippen LogP contribution is -2.30. The molecule has 2 heteroatoms. The molecule has 0 fully saturated rings. The van der Waals surface area contributed by atoms with Crippen molar-refractivity contribution in [1.29, 1.82) is 0 Å². The van der Waals surface area contributed by atoms with Crippen LogP contribution in [0.1, 0.15) is 13.3 Å². The third kappa shape index (κ3) is 3.76. The van der Waals surface area contributed by atoms with Gasteiger partial charge in [-0.3, -0.25) is 0 Å². The lowest BCUT2D eigenvalue weighted by atomic mass is 10.2. The third-order valence-electron chi connectivity index (χ3n) is 0.991. The lowest BCUT2D eigenvalue weighted by molar-refractivity contribution is 0.602. The summed E-state index contributed by atoms with van der Waals surface area (Å²) in [5, 5.41) is 2.99. The Labute approximate surface area is 45.1 Å². The Morgan fingerprint density at radius 2 is 2.29 bits per heavy atom. The summed E-state index contributed by atoms with van der Waals surface area (Å²) >= 11 is 0. The predicted octanol–water partition coefficient (Wildman–Crippen LogP) is -0.0569. The van der Waals surface area contributed by atoms with Crippen molar-refractivity contribution in [2.24, 2.45) is 5.73 Å². The van der Waals surface area contributed by atoms with Crippen molar-refractivity contribution in [2.75, 3.05) is 13.6 Å². The van der Waals surface area contributed by atoms with E-state index in [0.29, 0.717) is 6.04 Å². The number of nitrogens with one attached hydrogen (secondary N) is 1. The first-order valence-electron chi connectivity index (χ1n) is 2.71. The van der Waals surface area contributed by atoms with E-state index in [1.54, 1.807) is 0 Å². The van der Waals surface area contributed by atoms with E-state index >= 15 is 0 Å². The van der Waals surface area contributed by atoms with Gasteiger partial charge in [0, 0.05) is 12.6 Å². The van der Waals surface area contributed by atoms with Gasteiger partial charge in [-0.25, -0.2) is 0 Å². The van der Waals surface area contributed by atoms with Crippen LogP contribution in [-0.2, 0) is 0 Å². The summed E-state index contributed by atoms with van der Waals surface area (Å²) in [4.78, 5) is 0. The van der Waals surface area contributed by atoms with E-state index in [1.165, 1.54) is 0 Å².